The van der Waals surface area contributed by atoms with Crippen molar-refractivity contribution in [3.05, 3.63) is 0 Å². The van der Waals surface area contributed by atoms with Crippen LogP contribution in [0.25, 0.3) is 0 Å². The van der Waals surface area contributed by atoms with Gasteiger partial charge in [-0.1, -0.05) is 6.92 Å². The number of rotatable bonds is 3. The maximum atomic E-state index is 11.7. The second-order valence-corrected chi connectivity index (χ2v) is 6.84. The van der Waals surface area contributed by atoms with E-state index in [1.807, 2.05) is 6.92 Å². The van der Waals surface area contributed by atoms with Crippen molar-refractivity contribution in [2.24, 2.45) is 23.3 Å². The molecule has 3 atom stereocenters. The predicted molar refractivity (Wildman–Crippen MR) is 57.6 cm³/mol. The first-order valence-corrected chi connectivity index (χ1v) is 6.86. The summed E-state index contributed by atoms with van der Waals surface area (Å²) in [5, 5.41) is 0. The van der Waals surface area contributed by atoms with Gasteiger partial charge in [-0.25, -0.2) is 8.42 Å². The van der Waals surface area contributed by atoms with E-state index in [4.69, 9.17) is 11.5 Å². The largest absolute Gasteiger partial charge is 0.330 e. The SMILES string of the molecule is C[C@@H]1C[C@@H](CN)C[C@@]1(CN)S(C)(=O)=O. The van der Waals surface area contributed by atoms with Gasteiger partial charge in [0.15, 0.2) is 9.84 Å². The summed E-state index contributed by atoms with van der Waals surface area (Å²) in [6.45, 7) is 2.73. The van der Waals surface area contributed by atoms with Gasteiger partial charge < -0.3 is 11.5 Å². The van der Waals surface area contributed by atoms with Gasteiger partial charge in [-0.3, -0.25) is 0 Å². The average molecular weight is 220 g/mol. The Morgan fingerprint density at radius 3 is 2.21 bits per heavy atom. The second-order valence-electron chi connectivity index (χ2n) is 4.48. The van der Waals surface area contributed by atoms with Crippen molar-refractivity contribution in [3.8, 4) is 0 Å². The lowest BCUT2D eigenvalue weighted by Crippen LogP contribution is -2.47. The summed E-state index contributed by atoms with van der Waals surface area (Å²) in [6.07, 6.45) is 2.79. The summed E-state index contributed by atoms with van der Waals surface area (Å²) in [4.78, 5) is 0. The summed E-state index contributed by atoms with van der Waals surface area (Å²) in [7, 11) is -3.09. The lowest BCUT2D eigenvalue weighted by Gasteiger charge is -2.30. The molecule has 0 aromatic heterocycles. The van der Waals surface area contributed by atoms with Crippen molar-refractivity contribution in [2.45, 2.75) is 24.5 Å². The van der Waals surface area contributed by atoms with E-state index in [1.54, 1.807) is 0 Å². The number of sulfone groups is 1. The second kappa shape index (κ2) is 3.79. The number of nitrogens with two attached hydrogens (primary N) is 2. The molecule has 1 saturated carbocycles. The van der Waals surface area contributed by atoms with E-state index in [0.717, 1.165) is 6.42 Å². The Kier molecular flexibility index (Phi) is 3.23. The zero-order chi connectivity index (χ0) is 11.0. The molecule has 0 aromatic carbocycles. The molecule has 84 valence electrons. The topological polar surface area (TPSA) is 86.2 Å². The molecule has 0 aromatic rings. The van der Waals surface area contributed by atoms with Gasteiger partial charge in [-0.15, -0.1) is 0 Å². The number of hydrogen-bond acceptors (Lipinski definition) is 4. The van der Waals surface area contributed by atoms with Crippen LogP contribution in [0.15, 0.2) is 0 Å². The average Bonchev–Trinajstić information content (AvgIpc) is 2.42. The third-order valence-corrected chi connectivity index (χ3v) is 5.85. The molecule has 0 aliphatic heterocycles. The summed E-state index contributed by atoms with van der Waals surface area (Å²) < 4.78 is 22.8. The summed E-state index contributed by atoms with van der Waals surface area (Å²) in [5.41, 5.74) is 11.2. The first-order chi connectivity index (χ1) is 6.37. The van der Waals surface area contributed by atoms with E-state index in [-0.39, 0.29) is 12.5 Å². The van der Waals surface area contributed by atoms with E-state index >= 15 is 0 Å². The Hall–Kier alpha value is -0.130. The molecule has 1 aliphatic rings. The smallest absolute Gasteiger partial charge is 0.154 e. The fourth-order valence-corrected chi connectivity index (χ4v) is 4.29. The van der Waals surface area contributed by atoms with E-state index in [2.05, 4.69) is 0 Å². The van der Waals surface area contributed by atoms with Crippen LogP contribution >= 0.6 is 0 Å². The van der Waals surface area contributed by atoms with Gasteiger partial charge in [-0.05, 0) is 31.2 Å². The summed E-state index contributed by atoms with van der Waals surface area (Å²) in [6, 6.07) is 0. The van der Waals surface area contributed by atoms with Gasteiger partial charge >= 0.3 is 0 Å². The van der Waals surface area contributed by atoms with Gasteiger partial charge in [0, 0.05) is 12.8 Å². The highest BCUT2D eigenvalue weighted by Gasteiger charge is 2.50. The maximum absolute atomic E-state index is 11.7. The zero-order valence-electron chi connectivity index (χ0n) is 8.86. The summed E-state index contributed by atoms with van der Waals surface area (Å²) >= 11 is 0. The molecule has 4 N–H and O–H groups in total. The monoisotopic (exact) mass is 220 g/mol. The van der Waals surface area contributed by atoms with Crippen LogP contribution < -0.4 is 11.5 Å². The third-order valence-electron chi connectivity index (χ3n) is 3.64. The van der Waals surface area contributed by atoms with Crippen LogP contribution in [-0.4, -0.2) is 32.5 Å². The molecule has 0 unspecified atom stereocenters. The first-order valence-electron chi connectivity index (χ1n) is 4.97. The molecule has 1 fully saturated rings. The number of hydrogen-bond donors (Lipinski definition) is 2. The molecule has 0 saturated heterocycles. The summed E-state index contributed by atoms with van der Waals surface area (Å²) in [5.74, 6) is 0.430. The van der Waals surface area contributed by atoms with Gasteiger partial charge in [0.1, 0.15) is 0 Å². The van der Waals surface area contributed by atoms with Crippen LogP contribution in [0, 0.1) is 11.8 Å². The molecular formula is C9H20N2O2S. The lowest BCUT2D eigenvalue weighted by atomic mass is 9.97. The molecular weight excluding hydrogens is 200 g/mol. The van der Waals surface area contributed by atoms with Crippen molar-refractivity contribution < 1.29 is 8.42 Å². The minimum atomic E-state index is -3.09. The minimum Gasteiger partial charge on any atom is -0.330 e. The van der Waals surface area contributed by atoms with E-state index in [0.29, 0.717) is 18.9 Å². The molecule has 0 radical (unpaired) electrons. The van der Waals surface area contributed by atoms with Crippen LogP contribution in [0.4, 0.5) is 0 Å². The Balaban J connectivity index is 3.03. The van der Waals surface area contributed by atoms with Crippen molar-refractivity contribution in [2.75, 3.05) is 19.3 Å². The highest BCUT2D eigenvalue weighted by atomic mass is 32.2. The van der Waals surface area contributed by atoms with E-state index in [9.17, 15) is 8.42 Å². The molecule has 0 heterocycles. The molecule has 0 amide bonds. The molecule has 0 bridgehead atoms. The van der Waals surface area contributed by atoms with Crippen LogP contribution in [-0.2, 0) is 9.84 Å². The first kappa shape index (κ1) is 11.9. The van der Waals surface area contributed by atoms with Crippen molar-refractivity contribution in [3.63, 3.8) is 0 Å². The fraction of sp³-hybridized carbons (Fsp3) is 1.00. The molecule has 0 spiro atoms. The highest BCUT2D eigenvalue weighted by Crippen LogP contribution is 2.43. The molecule has 1 aliphatic carbocycles. The van der Waals surface area contributed by atoms with Crippen LogP contribution in [0.5, 0.6) is 0 Å². The van der Waals surface area contributed by atoms with Crippen molar-refractivity contribution in [1.29, 1.82) is 0 Å². The zero-order valence-corrected chi connectivity index (χ0v) is 9.68. The minimum absolute atomic E-state index is 0.121. The third kappa shape index (κ3) is 1.68. The quantitative estimate of drug-likeness (QED) is 0.685. The van der Waals surface area contributed by atoms with Gasteiger partial charge in [0.05, 0.1) is 4.75 Å². The Bertz CT molecular complexity index is 302. The Labute approximate surface area is 86.0 Å². The van der Waals surface area contributed by atoms with Crippen molar-refractivity contribution in [1.82, 2.24) is 0 Å². The van der Waals surface area contributed by atoms with E-state index in [1.165, 1.54) is 6.26 Å². The van der Waals surface area contributed by atoms with Crippen LogP contribution in [0.2, 0.25) is 0 Å². The Morgan fingerprint density at radius 2 is 2.00 bits per heavy atom. The van der Waals surface area contributed by atoms with Crippen molar-refractivity contribution >= 4 is 9.84 Å². The fourth-order valence-electron chi connectivity index (χ4n) is 2.62. The highest BCUT2D eigenvalue weighted by molar-refractivity contribution is 7.92. The lowest BCUT2D eigenvalue weighted by molar-refractivity contribution is 0.436. The van der Waals surface area contributed by atoms with Gasteiger partial charge in [0.25, 0.3) is 0 Å². The predicted octanol–water partition coefficient (Wildman–Crippen LogP) is -0.267. The van der Waals surface area contributed by atoms with Gasteiger partial charge in [-0.2, -0.15) is 0 Å². The Morgan fingerprint density at radius 1 is 1.43 bits per heavy atom. The molecule has 5 heteroatoms. The van der Waals surface area contributed by atoms with E-state index < -0.39 is 14.6 Å². The van der Waals surface area contributed by atoms with Gasteiger partial charge in [0.2, 0.25) is 0 Å². The van der Waals surface area contributed by atoms with Crippen LogP contribution in [0.3, 0.4) is 0 Å². The molecule has 14 heavy (non-hydrogen) atoms. The maximum Gasteiger partial charge on any atom is 0.154 e. The standard InChI is InChI=1S/C9H20N2O2S/c1-7-3-8(5-10)4-9(7,6-11)14(2,12)13/h7-8H,3-6,10-11H2,1-2H3/t7-,8-,9+/m1/s1. The normalized spacial score (nSPS) is 38.9. The molecule has 4 nitrogen and oxygen atoms in total. The van der Waals surface area contributed by atoms with Crippen LogP contribution in [0.1, 0.15) is 19.8 Å². The molecule has 1 rings (SSSR count).